The lowest BCUT2D eigenvalue weighted by Gasteiger charge is -2.34. The van der Waals surface area contributed by atoms with Crippen LogP contribution in [0.1, 0.15) is 73.2 Å². The Labute approximate surface area is 125 Å². The summed E-state index contributed by atoms with van der Waals surface area (Å²) in [4.78, 5) is 19.2. The average Bonchev–Trinajstić information content (AvgIpc) is 3.25. The van der Waals surface area contributed by atoms with Crippen molar-refractivity contribution in [2.24, 2.45) is 5.92 Å². The minimum absolute atomic E-state index is 0.560. The molecule has 2 aliphatic carbocycles. The van der Waals surface area contributed by atoms with Crippen LogP contribution in [0.25, 0.3) is 0 Å². The predicted molar refractivity (Wildman–Crippen MR) is 83.9 cm³/mol. The highest BCUT2D eigenvalue weighted by Gasteiger charge is 2.31. The highest BCUT2D eigenvalue weighted by molar-refractivity contribution is 7.17. The third kappa shape index (κ3) is 2.76. The van der Waals surface area contributed by atoms with Crippen molar-refractivity contribution in [1.82, 2.24) is 4.98 Å². The summed E-state index contributed by atoms with van der Waals surface area (Å²) in [5.74, 6) is 1.48. The molecule has 1 aromatic rings. The first kappa shape index (κ1) is 14.1. The van der Waals surface area contributed by atoms with Crippen LogP contribution >= 0.6 is 11.3 Å². The third-order valence-corrected chi connectivity index (χ3v) is 6.07. The first-order valence-electron chi connectivity index (χ1n) is 7.91. The Kier molecular flexibility index (Phi) is 4.11. The molecule has 1 heterocycles. The summed E-state index contributed by atoms with van der Waals surface area (Å²) in [5.41, 5.74) is 1.06. The molecule has 4 heteroatoms. The van der Waals surface area contributed by atoms with E-state index in [1.807, 2.05) is 0 Å². The number of anilines is 1. The summed E-state index contributed by atoms with van der Waals surface area (Å²) in [6.45, 7) is 2.30. The zero-order valence-corrected chi connectivity index (χ0v) is 13.3. The number of carbonyl (C=O) groups excluding carboxylic acids is 1. The van der Waals surface area contributed by atoms with E-state index in [9.17, 15) is 4.79 Å². The van der Waals surface area contributed by atoms with Gasteiger partial charge in [-0.3, -0.25) is 4.79 Å². The lowest BCUT2D eigenvalue weighted by atomic mass is 9.84. The van der Waals surface area contributed by atoms with Crippen molar-refractivity contribution >= 4 is 22.8 Å². The van der Waals surface area contributed by atoms with Crippen molar-refractivity contribution in [2.45, 2.75) is 63.8 Å². The summed E-state index contributed by atoms with van der Waals surface area (Å²) in [6.07, 6.45) is 9.93. The molecular weight excluding hydrogens is 268 g/mol. The standard InChI is InChI=1S/C16H24N2OS/c1-3-11-4-8-13(9-5-11)18(2)16-17-15(12-6-7-12)14(10-19)20-16/h10-13H,3-9H2,1-2H3. The summed E-state index contributed by atoms with van der Waals surface area (Å²) >= 11 is 1.58. The second-order valence-corrected chi connectivity index (χ2v) is 7.34. The quantitative estimate of drug-likeness (QED) is 0.761. The highest BCUT2D eigenvalue weighted by Crippen LogP contribution is 2.44. The van der Waals surface area contributed by atoms with Crippen LogP contribution in [-0.4, -0.2) is 24.4 Å². The molecule has 3 nitrogen and oxygen atoms in total. The van der Waals surface area contributed by atoms with Crippen LogP contribution in [0.15, 0.2) is 0 Å². The van der Waals surface area contributed by atoms with E-state index >= 15 is 0 Å². The van der Waals surface area contributed by atoms with Gasteiger partial charge in [0.25, 0.3) is 0 Å². The fourth-order valence-corrected chi connectivity index (χ4v) is 4.31. The Morgan fingerprint density at radius 3 is 2.50 bits per heavy atom. The Bertz CT molecular complexity index is 473. The van der Waals surface area contributed by atoms with Gasteiger partial charge in [-0.15, -0.1) is 0 Å². The topological polar surface area (TPSA) is 33.2 Å². The molecule has 0 aliphatic heterocycles. The van der Waals surface area contributed by atoms with Crippen molar-refractivity contribution in [2.75, 3.05) is 11.9 Å². The molecule has 0 aromatic carbocycles. The SMILES string of the molecule is CCC1CCC(N(C)c2nc(C3CC3)c(C=O)s2)CC1. The van der Waals surface area contributed by atoms with E-state index in [1.165, 1.54) is 44.9 Å². The summed E-state index contributed by atoms with van der Waals surface area (Å²) in [6, 6.07) is 0.607. The van der Waals surface area contributed by atoms with E-state index < -0.39 is 0 Å². The predicted octanol–water partition coefficient (Wildman–Crippen LogP) is 4.24. The number of aromatic nitrogens is 1. The normalized spacial score (nSPS) is 26.5. The Balaban J connectivity index is 1.70. The highest BCUT2D eigenvalue weighted by atomic mass is 32.1. The molecule has 0 radical (unpaired) electrons. The molecule has 2 aliphatic rings. The molecule has 0 saturated heterocycles. The molecule has 0 bridgehead atoms. The second-order valence-electron chi connectivity index (χ2n) is 6.33. The number of thiazole rings is 1. The van der Waals surface area contributed by atoms with Gasteiger partial charge in [0.05, 0.1) is 10.6 Å². The number of aldehydes is 1. The largest absolute Gasteiger partial charge is 0.348 e. The van der Waals surface area contributed by atoms with Crippen molar-refractivity contribution < 1.29 is 4.79 Å². The number of nitrogens with zero attached hydrogens (tertiary/aromatic N) is 2. The van der Waals surface area contributed by atoms with Crippen LogP contribution in [0.2, 0.25) is 0 Å². The van der Waals surface area contributed by atoms with Crippen molar-refractivity contribution in [3.63, 3.8) is 0 Å². The van der Waals surface area contributed by atoms with Crippen LogP contribution in [-0.2, 0) is 0 Å². The van der Waals surface area contributed by atoms with Gasteiger partial charge >= 0.3 is 0 Å². The van der Waals surface area contributed by atoms with Gasteiger partial charge in [-0.25, -0.2) is 4.98 Å². The van der Waals surface area contributed by atoms with Gasteiger partial charge < -0.3 is 4.90 Å². The number of hydrogen-bond donors (Lipinski definition) is 0. The zero-order valence-electron chi connectivity index (χ0n) is 12.5. The lowest BCUT2D eigenvalue weighted by molar-refractivity contribution is 0.112. The molecule has 0 atom stereocenters. The van der Waals surface area contributed by atoms with Crippen molar-refractivity contribution in [3.05, 3.63) is 10.6 Å². The van der Waals surface area contributed by atoms with Crippen LogP contribution in [0.3, 0.4) is 0 Å². The monoisotopic (exact) mass is 292 g/mol. The molecule has 20 heavy (non-hydrogen) atoms. The molecule has 2 fully saturated rings. The fourth-order valence-electron chi connectivity index (χ4n) is 3.31. The molecule has 1 aromatic heterocycles. The molecule has 2 saturated carbocycles. The average molecular weight is 292 g/mol. The first-order chi connectivity index (χ1) is 9.72. The summed E-state index contributed by atoms with van der Waals surface area (Å²) in [5, 5.41) is 1.05. The van der Waals surface area contributed by atoms with Gasteiger partial charge in [-0.05, 0) is 44.4 Å². The van der Waals surface area contributed by atoms with Crippen molar-refractivity contribution in [1.29, 1.82) is 0 Å². The van der Waals surface area contributed by atoms with E-state index in [0.717, 1.165) is 27.9 Å². The second kappa shape index (κ2) is 5.84. The van der Waals surface area contributed by atoms with E-state index in [1.54, 1.807) is 11.3 Å². The van der Waals surface area contributed by atoms with Gasteiger partial charge in [0.2, 0.25) is 0 Å². The summed E-state index contributed by atoms with van der Waals surface area (Å²) in [7, 11) is 2.15. The maximum absolute atomic E-state index is 11.2. The lowest BCUT2D eigenvalue weighted by Crippen LogP contribution is -2.35. The van der Waals surface area contributed by atoms with E-state index in [4.69, 9.17) is 4.98 Å². The Hall–Kier alpha value is -0.900. The maximum Gasteiger partial charge on any atom is 0.186 e. The molecule has 0 amide bonds. The molecular formula is C16H24N2OS. The molecule has 0 spiro atoms. The first-order valence-corrected chi connectivity index (χ1v) is 8.73. The minimum Gasteiger partial charge on any atom is -0.348 e. The zero-order chi connectivity index (χ0) is 14.1. The Morgan fingerprint density at radius 2 is 1.95 bits per heavy atom. The van der Waals surface area contributed by atoms with Gasteiger partial charge in [-0.1, -0.05) is 24.7 Å². The van der Waals surface area contributed by atoms with Gasteiger partial charge in [0.1, 0.15) is 0 Å². The van der Waals surface area contributed by atoms with Crippen LogP contribution in [0.4, 0.5) is 5.13 Å². The minimum atomic E-state index is 0.560. The number of carbonyl (C=O) groups is 1. The van der Waals surface area contributed by atoms with E-state index in [2.05, 4.69) is 18.9 Å². The fraction of sp³-hybridized carbons (Fsp3) is 0.750. The van der Waals surface area contributed by atoms with E-state index in [0.29, 0.717) is 12.0 Å². The summed E-state index contributed by atoms with van der Waals surface area (Å²) < 4.78 is 0. The molecule has 110 valence electrons. The van der Waals surface area contributed by atoms with Gasteiger partial charge in [0.15, 0.2) is 11.4 Å². The van der Waals surface area contributed by atoms with Gasteiger partial charge in [-0.2, -0.15) is 0 Å². The van der Waals surface area contributed by atoms with Crippen LogP contribution in [0, 0.1) is 5.92 Å². The molecule has 3 rings (SSSR count). The van der Waals surface area contributed by atoms with E-state index in [-0.39, 0.29) is 0 Å². The third-order valence-electron chi connectivity index (χ3n) is 4.98. The van der Waals surface area contributed by atoms with Crippen molar-refractivity contribution in [3.8, 4) is 0 Å². The van der Waals surface area contributed by atoms with Gasteiger partial charge in [0, 0.05) is 19.0 Å². The smallest absolute Gasteiger partial charge is 0.186 e. The number of hydrogen-bond acceptors (Lipinski definition) is 4. The molecule has 0 N–H and O–H groups in total. The van der Waals surface area contributed by atoms with Crippen LogP contribution < -0.4 is 4.90 Å². The van der Waals surface area contributed by atoms with Crippen LogP contribution in [0.5, 0.6) is 0 Å². The Morgan fingerprint density at radius 1 is 1.25 bits per heavy atom. The molecule has 0 unspecified atom stereocenters. The maximum atomic E-state index is 11.2. The number of rotatable bonds is 5.